The number of nitrogens with one attached hydrogen (secondary N) is 1. The van der Waals surface area contributed by atoms with Crippen LogP contribution in [0.2, 0.25) is 0 Å². The SMILES string of the molecule is CC1(C(=O)Nc2cccc(CC(=O)O)c2)CCCN1C(=O)c1ccccc1. The van der Waals surface area contributed by atoms with E-state index in [9.17, 15) is 14.4 Å². The molecule has 1 fully saturated rings. The van der Waals surface area contributed by atoms with Gasteiger partial charge in [-0.05, 0) is 49.6 Å². The highest BCUT2D eigenvalue weighted by molar-refractivity contribution is 6.04. The molecule has 2 aromatic carbocycles. The first kappa shape index (κ1) is 18.6. The van der Waals surface area contributed by atoms with E-state index in [4.69, 9.17) is 5.11 Å². The molecule has 2 aromatic rings. The van der Waals surface area contributed by atoms with Gasteiger partial charge in [-0.25, -0.2) is 0 Å². The lowest BCUT2D eigenvalue weighted by Gasteiger charge is -2.34. The number of hydrogen-bond acceptors (Lipinski definition) is 3. The van der Waals surface area contributed by atoms with Crippen molar-refractivity contribution in [2.45, 2.75) is 31.7 Å². The molecule has 1 aliphatic heterocycles. The summed E-state index contributed by atoms with van der Waals surface area (Å²) in [5, 5.41) is 11.8. The summed E-state index contributed by atoms with van der Waals surface area (Å²) in [5.41, 5.74) is 0.741. The zero-order valence-corrected chi connectivity index (χ0v) is 15.1. The smallest absolute Gasteiger partial charge is 0.307 e. The second kappa shape index (κ2) is 7.61. The van der Waals surface area contributed by atoms with Crippen LogP contribution in [-0.4, -0.2) is 39.9 Å². The highest BCUT2D eigenvalue weighted by Crippen LogP contribution is 2.32. The summed E-state index contributed by atoms with van der Waals surface area (Å²) in [7, 11) is 0. The van der Waals surface area contributed by atoms with Crippen molar-refractivity contribution in [1.82, 2.24) is 4.90 Å². The van der Waals surface area contributed by atoms with E-state index in [1.807, 2.05) is 6.07 Å². The molecule has 0 bridgehead atoms. The monoisotopic (exact) mass is 366 g/mol. The molecule has 3 rings (SSSR count). The molecular weight excluding hydrogens is 344 g/mol. The number of likely N-dealkylation sites (tertiary alicyclic amines) is 1. The van der Waals surface area contributed by atoms with E-state index in [1.54, 1.807) is 60.4 Å². The van der Waals surface area contributed by atoms with Gasteiger partial charge in [0, 0.05) is 17.8 Å². The Hall–Kier alpha value is -3.15. The first-order valence-corrected chi connectivity index (χ1v) is 8.89. The van der Waals surface area contributed by atoms with Crippen LogP contribution in [-0.2, 0) is 16.0 Å². The van der Waals surface area contributed by atoms with Crippen LogP contribution >= 0.6 is 0 Å². The molecule has 0 spiro atoms. The molecule has 2 amide bonds. The van der Waals surface area contributed by atoms with Gasteiger partial charge in [0.2, 0.25) is 5.91 Å². The second-order valence-corrected chi connectivity index (χ2v) is 6.93. The highest BCUT2D eigenvalue weighted by Gasteiger charge is 2.45. The molecular formula is C21H22N2O4. The average Bonchev–Trinajstić information content (AvgIpc) is 3.04. The van der Waals surface area contributed by atoms with E-state index < -0.39 is 11.5 Å². The Bertz CT molecular complexity index is 865. The molecule has 1 aliphatic rings. The number of amides is 2. The molecule has 27 heavy (non-hydrogen) atoms. The fourth-order valence-electron chi connectivity index (χ4n) is 3.46. The van der Waals surface area contributed by atoms with Crippen LogP contribution in [0.5, 0.6) is 0 Å². The number of carboxylic acid groups (broad SMARTS) is 1. The minimum atomic E-state index is -0.949. The van der Waals surface area contributed by atoms with Gasteiger partial charge in [-0.15, -0.1) is 0 Å². The minimum absolute atomic E-state index is 0.112. The predicted octanol–water partition coefficient (Wildman–Crippen LogP) is 2.95. The van der Waals surface area contributed by atoms with Gasteiger partial charge in [0.1, 0.15) is 5.54 Å². The maximum atomic E-state index is 13.0. The van der Waals surface area contributed by atoms with Crippen molar-refractivity contribution in [3.63, 3.8) is 0 Å². The Kier molecular flexibility index (Phi) is 5.26. The molecule has 1 heterocycles. The molecule has 1 unspecified atom stereocenters. The molecule has 0 aromatic heterocycles. The van der Waals surface area contributed by atoms with Gasteiger partial charge in [-0.3, -0.25) is 14.4 Å². The third kappa shape index (κ3) is 4.00. The minimum Gasteiger partial charge on any atom is -0.481 e. The molecule has 0 saturated carbocycles. The molecule has 6 nitrogen and oxygen atoms in total. The average molecular weight is 366 g/mol. The van der Waals surface area contributed by atoms with Crippen molar-refractivity contribution in [3.05, 3.63) is 65.7 Å². The number of carboxylic acids is 1. The number of carbonyl (C=O) groups is 3. The van der Waals surface area contributed by atoms with Gasteiger partial charge in [0.25, 0.3) is 5.91 Å². The van der Waals surface area contributed by atoms with E-state index in [-0.39, 0.29) is 18.2 Å². The second-order valence-electron chi connectivity index (χ2n) is 6.93. The zero-order valence-electron chi connectivity index (χ0n) is 15.1. The van der Waals surface area contributed by atoms with Crippen LogP contribution in [0.1, 0.15) is 35.7 Å². The highest BCUT2D eigenvalue weighted by atomic mass is 16.4. The van der Waals surface area contributed by atoms with Crippen molar-refractivity contribution in [2.24, 2.45) is 0 Å². The summed E-state index contributed by atoms with van der Waals surface area (Å²) in [6, 6.07) is 15.7. The van der Waals surface area contributed by atoms with E-state index in [0.29, 0.717) is 29.8 Å². The summed E-state index contributed by atoms with van der Waals surface area (Å²) in [6.45, 7) is 2.30. The van der Waals surface area contributed by atoms with Crippen LogP contribution in [0.4, 0.5) is 5.69 Å². The lowest BCUT2D eigenvalue weighted by Crippen LogP contribution is -2.53. The number of aliphatic carboxylic acids is 1. The molecule has 2 N–H and O–H groups in total. The van der Waals surface area contributed by atoms with Gasteiger partial charge in [-0.2, -0.15) is 0 Å². The number of carbonyl (C=O) groups excluding carboxylic acids is 2. The summed E-state index contributed by atoms with van der Waals surface area (Å²) in [6.07, 6.45) is 1.22. The van der Waals surface area contributed by atoms with Gasteiger partial charge < -0.3 is 15.3 Å². The van der Waals surface area contributed by atoms with Crippen LogP contribution in [0.25, 0.3) is 0 Å². The van der Waals surface area contributed by atoms with Gasteiger partial charge in [0.05, 0.1) is 6.42 Å². The Morgan fingerprint density at radius 2 is 1.85 bits per heavy atom. The van der Waals surface area contributed by atoms with Crippen LogP contribution in [0.3, 0.4) is 0 Å². The third-order valence-electron chi connectivity index (χ3n) is 4.94. The normalized spacial score (nSPS) is 18.9. The Labute approximate surface area is 157 Å². The topological polar surface area (TPSA) is 86.7 Å². The van der Waals surface area contributed by atoms with E-state index in [0.717, 1.165) is 6.42 Å². The summed E-state index contributed by atoms with van der Waals surface area (Å²) >= 11 is 0. The van der Waals surface area contributed by atoms with E-state index in [1.165, 1.54) is 0 Å². The van der Waals surface area contributed by atoms with Gasteiger partial charge >= 0.3 is 5.97 Å². The molecule has 6 heteroatoms. The Balaban J connectivity index is 1.78. The molecule has 1 saturated heterocycles. The first-order valence-electron chi connectivity index (χ1n) is 8.89. The van der Waals surface area contributed by atoms with Crippen molar-refractivity contribution in [3.8, 4) is 0 Å². The maximum absolute atomic E-state index is 13.0. The lowest BCUT2D eigenvalue weighted by atomic mass is 9.96. The molecule has 0 radical (unpaired) electrons. The summed E-state index contributed by atoms with van der Waals surface area (Å²) < 4.78 is 0. The number of nitrogens with zero attached hydrogens (tertiary/aromatic N) is 1. The van der Waals surface area contributed by atoms with Crippen LogP contribution in [0, 0.1) is 0 Å². The fourth-order valence-corrected chi connectivity index (χ4v) is 3.46. The number of anilines is 1. The van der Waals surface area contributed by atoms with Gasteiger partial charge in [0.15, 0.2) is 0 Å². The Morgan fingerprint density at radius 1 is 1.11 bits per heavy atom. The van der Waals surface area contributed by atoms with Crippen LogP contribution in [0.15, 0.2) is 54.6 Å². The lowest BCUT2D eigenvalue weighted by molar-refractivity contribution is -0.136. The third-order valence-corrected chi connectivity index (χ3v) is 4.94. The van der Waals surface area contributed by atoms with Crippen molar-refractivity contribution in [1.29, 1.82) is 0 Å². The van der Waals surface area contributed by atoms with Crippen molar-refractivity contribution < 1.29 is 19.5 Å². The molecule has 140 valence electrons. The Morgan fingerprint density at radius 3 is 2.56 bits per heavy atom. The standard InChI is InChI=1S/C21H22N2O4/c1-21(11-6-12-23(21)19(26)16-8-3-2-4-9-16)20(27)22-17-10-5-7-15(13-17)14-18(24)25/h2-5,7-10,13H,6,11-12,14H2,1H3,(H,22,27)(H,24,25). The van der Waals surface area contributed by atoms with Crippen molar-refractivity contribution >= 4 is 23.5 Å². The van der Waals surface area contributed by atoms with Crippen LogP contribution < -0.4 is 5.32 Å². The quantitative estimate of drug-likeness (QED) is 0.852. The number of benzene rings is 2. The predicted molar refractivity (Wildman–Crippen MR) is 102 cm³/mol. The first-order chi connectivity index (χ1) is 12.9. The summed E-state index contributed by atoms with van der Waals surface area (Å²) in [5.74, 6) is -1.36. The number of rotatable bonds is 5. The molecule has 1 atom stereocenters. The van der Waals surface area contributed by atoms with Crippen molar-refractivity contribution in [2.75, 3.05) is 11.9 Å². The fraction of sp³-hybridized carbons (Fsp3) is 0.286. The number of hydrogen-bond donors (Lipinski definition) is 2. The largest absolute Gasteiger partial charge is 0.481 e. The maximum Gasteiger partial charge on any atom is 0.307 e. The van der Waals surface area contributed by atoms with E-state index >= 15 is 0 Å². The van der Waals surface area contributed by atoms with E-state index in [2.05, 4.69) is 5.32 Å². The molecule has 0 aliphatic carbocycles. The van der Waals surface area contributed by atoms with Gasteiger partial charge in [-0.1, -0.05) is 30.3 Å². The summed E-state index contributed by atoms with van der Waals surface area (Å²) in [4.78, 5) is 38.4. The zero-order chi connectivity index (χ0) is 19.4.